The van der Waals surface area contributed by atoms with E-state index < -0.39 is 0 Å². The van der Waals surface area contributed by atoms with Crippen LogP contribution in [0.3, 0.4) is 0 Å². The lowest BCUT2D eigenvalue weighted by Crippen LogP contribution is -2.33. The summed E-state index contributed by atoms with van der Waals surface area (Å²) >= 11 is 1.27. The molecule has 1 fully saturated rings. The number of amides is 1. The van der Waals surface area contributed by atoms with Crippen LogP contribution in [-0.4, -0.2) is 38.0 Å². The van der Waals surface area contributed by atoms with Gasteiger partial charge in [-0.2, -0.15) is 5.10 Å². The minimum atomic E-state index is -0.143. The minimum Gasteiger partial charge on any atom is -0.354 e. The van der Waals surface area contributed by atoms with E-state index >= 15 is 0 Å². The first-order valence-electron chi connectivity index (χ1n) is 7.47. The van der Waals surface area contributed by atoms with Crippen LogP contribution in [0.15, 0.2) is 40.5 Å². The van der Waals surface area contributed by atoms with E-state index in [9.17, 15) is 9.59 Å². The highest BCUT2D eigenvalue weighted by atomic mass is 32.2. The lowest BCUT2D eigenvalue weighted by atomic mass is 10.3. The quantitative estimate of drug-likeness (QED) is 0.597. The Labute approximate surface area is 137 Å². The summed E-state index contributed by atoms with van der Waals surface area (Å²) in [6, 6.07) is 5.07. The molecule has 0 saturated heterocycles. The van der Waals surface area contributed by atoms with Crippen molar-refractivity contribution < 1.29 is 4.79 Å². The number of carbonyl (C=O) groups excluding carboxylic acids is 1. The number of carbonyl (C=O) groups is 1. The summed E-state index contributed by atoms with van der Waals surface area (Å²) in [6.45, 7) is 0.744. The monoisotopic (exact) mass is 331 g/mol. The van der Waals surface area contributed by atoms with Gasteiger partial charge >= 0.3 is 0 Å². The molecule has 0 aromatic carbocycles. The molecule has 0 bridgehead atoms. The molecule has 23 heavy (non-hydrogen) atoms. The minimum absolute atomic E-state index is 0.117. The number of aromatic nitrogens is 4. The summed E-state index contributed by atoms with van der Waals surface area (Å²) < 4.78 is 1.42. The van der Waals surface area contributed by atoms with Gasteiger partial charge in [0.15, 0.2) is 5.16 Å². The van der Waals surface area contributed by atoms with Crippen LogP contribution in [0.1, 0.15) is 24.5 Å². The number of nitrogens with zero attached hydrogens (tertiary/aromatic N) is 4. The summed E-state index contributed by atoms with van der Waals surface area (Å²) in [6.07, 6.45) is 5.55. The molecule has 0 aliphatic heterocycles. The highest BCUT2D eigenvalue weighted by Gasteiger charge is 2.25. The Morgan fingerprint density at radius 1 is 1.30 bits per heavy atom. The van der Waals surface area contributed by atoms with Gasteiger partial charge in [-0.15, -0.1) is 0 Å². The zero-order valence-electron chi connectivity index (χ0n) is 12.5. The second-order valence-corrected chi connectivity index (χ2v) is 6.21. The Morgan fingerprint density at radius 2 is 2.09 bits per heavy atom. The lowest BCUT2D eigenvalue weighted by molar-refractivity contribution is -0.118. The molecule has 0 radical (unpaired) electrons. The Hall–Kier alpha value is -2.22. The van der Waals surface area contributed by atoms with Gasteiger partial charge in [0, 0.05) is 30.9 Å². The number of hydrogen-bond donors (Lipinski definition) is 1. The van der Waals surface area contributed by atoms with Gasteiger partial charge in [0.2, 0.25) is 5.91 Å². The van der Waals surface area contributed by atoms with Gasteiger partial charge in [-0.1, -0.05) is 11.8 Å². The van der Waals surface area contributed by atoms with Crippen LogP contribution in [0.25, 0.3) is 0 Å². The standard InChI is InChI=1S/C15H17N5O2S/c21-13(10-23-15-17-6-1-7-18-15)16-8-9-20-14(22)5-4-12(19-20)11-2-3-11/h1,4-7,11H,2-3,8-10H2,(H,16,21). The molecule has 120 valence electrons. The van der Waals surface area contributed by atoms with Crippen LogP contribution in [0, 0.1) is 0 Å². The van der Waals surface area contributed by atoms with Crippen LogP contribution in [0.2, 0.25) is 0 Å². The fraction of sp³-hybridized carbons (Fsp3) is 0.400. The van der Waals surface area contributed by atoms with Gasteiger partial charge in [-0.25, -0.2) is 14.6 Å². The average molecular weight is 331 g/mol. The SMILES string of the molecule is O=C(CSc1ncccn1)NCCn1nc(C2CC2)ccc1=O. The Kier molecular flexibility index (Phi) is 5.02. The van der Waals surface area contributed by atoms with E-state index in [1.165, 1.54) is 16.4 Å². The summed E-state index contributed by atoms with van der Waals surface area (Å²) in [5.41, 5.74) is 0.823. The van der Waals surface area contributed by atoms with Gasteiger partial charge in [0.1, 0.15) is 0 Å². The van der Waals surface area contributed by atoms with Crippen molar-refractivity contribution in [2.45, 2.75) is 30.5 Å². The van der Waals surface area contributed by atoms with Crippen LogP contribution < -0.4 is 10.9 Å². The lowest BCUT2D eigenvalue weighted by Gasteiger charge is -2.08. The fourth-order valence-corrected chi connectivity index (χ4v) is 2.70. The molecular weight excluding hydrogens is 314 g/mol. The maximum absolute atomic E-state index is 11.8. The highest BCUT2D eigenvalue weighted by molar-refractivity contribution is 7.99. The Bertz CT molecular complexity index is 730. The van der Waals surface area contributed by atoms with Crippen LogP contribution in [0.5, 0.6) is 0 Å². The topological polar surface area (TPSA) is 89.8 Å². The smallest absolute Gasteiger partial charge is 0.266 e. The van der Waals surface area contributed by atoms with Gasteiger partial charge < -0.3 is 5.32 Å². The number of thioether (sulfide) groups is 1. The molecule has 0 unspecified atom stereocenters. The van der Waals surface area contributed by atoms with Crippen molar-refractivity contribution in [3.63, 3.8) is 0 Å². The molecule has 1 N–H and O–H groups in total. The maximum Gasteiger partial charge on any atom is 0.266 e. The summed E-state index contributed by atoms with van der Waals surface area (Å²) in [5.74, 6) is 0.627. The third-order valence-electron chi connectivity index (χ3n) is 3.40. The number of nitrogens with one attached hydrogen (secondary N) is 1. The van der Waals surface area contributed by atoms with Crippen molar-refractivity contribution in [2.75, 3.05) is 12.3 Å². The summed E-state index contributed by atoms with van der Waals surface area (Å²) in [7, 11) is 0. The second-order valence-electron chi connectivity index (χ2n) is 5.26. The van der Waals surface area contributed by atoms with Gasteiger partial charge in [-0.05, 0) is 25.0 Å². The average Bonchev–Trinajstić information content (AvgIpc) is 3.41. The van der Waals surface area contributed by atoms with E-state index in [0.29, 0.717) is 24.2 Å². The van der Waals surface area contributed by atoms with E-state index in [-0.39, 0.29) is 17.2 Å². The van der Waals surface area contributed by atoms with Crippen molar-refractivity contribution >= 4 is 17.7 Å². The molecule has 8 heteroatoms. The molecule has 1 aliphatic rings. The third kappa shape index (κ3) is 4.62. The van der Waals surface area contributed by atoms with E-state index in [2.05, 4.69) is 20.4 Å². The van der Waals surface area contributed by atoms with Crippen molar-refractivity contribution in [1.29, 1.82) is 0 Å². The summed E-state index contributed by atoms with van der Waals surface area (Å²) in [4.78, 5) is 31.6. The maximum atomic E-state index is 11.8. The molecule has 3 rings (SSSR count). The molecular formula is C15H17N5O2S. The zero-order chi connectivity index (χ0) is 16.1. The number of hydrogen-bond acceptors (Lipinski definition) is 6. The van der Waals surface area contributed by atoms with Gasteiger partial charge in [0.25, 0.3) is 5.56 Å². The predicted octanol–water partition coefficient (Wildman–Crippen LogP) is 0.819. The van der Waals surface area contributed by atoms with Crippen molar-refractivity contribution in [2.24, 2.45) is 0 Å². The molecule has 0 atom stereocenters. The zero-order valence-corrected chi connectivity index (χ0v) is 13.3. The Morgan fingerprint density at radius 3 is 2.83 bits per heavy atom. The van der Waals surface area contributed by atoms with Crippen molar-refractivity contribution in [3.05, 3.63) is 46.6 Å². The van der Waals surface area contributed by atoms with Crippen LogP contribution in [0.4, 0.5) is 0 Å². The van der Waals surface area contributed by atoms with Crippen molar-refractivity contribution in [1.82, 2.24) is 25.1 Å². The molecule has 7 nitrogen and oxygen atoms in total. The molecule has 1 amide bonds. The fourth-order valence-electron chi connectivity index (χ4n) is 2.06. The molecule has 2 heterocycles. The summed E-state index contributed by atoms with van der Waals surface area (Å²) in [5, 5.41) is 7.70. The second kappa shape index (κ2) is 7.36. The molecule has 2 aromatic rings. The van der Waals surface area contributed by atoms with E-state index in [4.69, 9.17) is 0 Å². The number of rotatable bonds is 7. The highest BCUT2D eigenvalue weighted by Crippen LogP contribution is 2.38. The largest absolute Gasteiger partial charge is 0.354 e. The molecule has 2 aromatic heterocycles. The van der Waals surface area contributed by atoms with Gasteiger partial charge in [0.05, 0.1) is 18.0 Å². The molecule has 1 saturated carbocycles. The van der Waals surface area contributed by atoms with Gasteiger partial charge in [-0.3, -0.25) is 9.59 Å². The van der Waals surface area contributed by atoms with E-state index in [0.717, 1.165) is 18.5 Å². The van der Waals surface area contributed by atoms with Crippen LogP contribution >= 0.6 is 11.8 Å². The van der Waals surface area contributed by atoms with E-state index in [1.807, 2.05) is 0 Å². The third-order valence-corrected chi connectivity index (χ3v) is 4.28. The Balaban J connectivity index is 1.44. The van der Waals surface area contributed by atoms with Crippen molar-refractivity contribution in [3.8, 4) is 0 Å². The first-order chi connectivity index (χ1) is 11.2. The molecule has 1 aliphatic carbocycles. The normalized spacial score (nSPS) is 13.7. The predicted molar refractivity (Wildman–Crippen MR) is 86.2 cm³/mol. The first kappa shape index (κ1) is 15.7. The van der Waals surface area contributed by atoms with Crippen LogP contribution in [-0.2, 0) is 11.3 Å². The van der Waals surface area contributed by atoms with E-state index in [1.54, 1.807) is 30.6 Å². The molecule has 0 spiro atoms. The first-order valence-corrected chi connectivity index (χ1v) is 8.45.